The second-order valence-electron chi connectivity index (χ2n) is 2.25. The normalized spacial score (nSPS) is 10.5. The molecule has 4 heteroatoms. The van der Waals surface area contributed by atoms with Gasteiger partial charge in [-0.15, -0.1) is 0 Å². The van der Waals surface area contributed by atoms with E-state index < -0.39 is 0 Å². The van der Waals surface area contributed by atoms with Crippen molar-refractivity contribution < 1.29 is 9.53 Å². The molecule has 3 N–H and O–H groups in total. The average molecular weight is 172 g/mol. The van der Waals surface area contributed by atoms with Crippen LogP contribution in [0.5, 0.6) is 0 Å². The Kier molecular flexibility index (Phi) is 7.63. The lowest BCUT2D eigenvalue weighted by molar-refractivity contribution is -0.121. The van der Waals surface area contributed by atoms with E-state index in [1.807, 2.05) is 6.08 Å². The lowest BCUT2D eigenvalue weighted by Crippen LogP contribution is -2.24. The summed E-state index contributed by atoms with van der Waals surface area (Å²) >= 11 is 0. The summed E-state index contributed by atoms with van der Waals surface area (Å²) < 4.78 is 4.74. The van der Waals surface area contributed by atoms with Crippen molar-refractivity contribution in [1.29, 1.82) is 0 Å². The zero-order valence-electron chi connectivity index (χ0n) is 7.38. The number of carbonyl (C=O) groups excluding carboxylic acids is 1. The maximum atomic E-state index is 10.9. The third kappa shape index (κ3) is 7.24. The van der Waals surface area contributed by atoms with Gasteiger partial charge in [0.2, 0.25) is 5.91 Å². The Morgan fingerprint density at radius 1 is 1.58 bits per heavy atom. The van der Waals surface area contributed by atoms with E-state index in [1.165, 1.54) is 0 Å². The first-order chi connectivity index (χ1) is 5.81. The molecule has 0 aliphatic rings. The highest BCUT2D eigenvalue weighted by atomic mass is 16.5. The predicted octanol–water partition coefficient (Wildman–Crippen LogP) is -0.346. The number of amides is 1. The van der Waals surface area contributed by atoms with E-state index in [-0.39, 0.29) is 5.91 Å². The second-order valence-corrected chi connectivity index (χ2v) is 2.25. The fourth-order valence-corrected chi connectivity index (χ4v) is 0.635. The van der Waals surface area contributed by atoms with Gasteiger partial charge in [-0.05, 0) is 0 Å². The SMILES string of the molecule is COCCC(=O)NC/C=C/CN. The van der Waals surface area contributed by atoms with Crippen molar-refractivity contribution in [3.63, 3.8) is 0 Å². The summed E-state index contributed by atoms with van der Waals surface area (Å²) in [5.41, 5.74) is 5.21. The molecule has 0 unspecified atom stereocenters. The minimum absolute atomic E-state index is 0.00137. The number of methoxy groups -OCH3 is 1. The van der Waals surface area contributed by atoms with E-state index in [0.29, 0.717) is 26.1 Å². The number of nitrogens with one attached hydrogen (secondary N) is 1. The molecule has 0 bridgehead atoms. The Morgan fingerprint density at radius 3 is 2.92 bits per heavy atom. The number of ether oxygens (including phenoxy) is 1. The van der Waals surface area contributed by atoms with Crippen LogP contribution in [0.2, 0.25) is 0 Å². The van der Waals surface area contributed by atoms with Gasteiger partial charge in [-0.2, -0.15) is 0 Å². The summed E-state index contributed by atoms with van der Waals surface area (Å²) in [5, 5.41) is 2.69. The molecule has 70 valence electrons. The largest absolute Gasteiger partial charge is 0.384 e. The molecule has 0 fully saturated rings. The van der Waals surface area contributed by atoms with Crippen LogP contribution in [0.25, 0.3) is 0 Å². The van der Waals surface area contributed by atoms with Crippen molar-refractivity contribution in [3.05, 3.63) is 12.2 Å². The number of rotatable bonds is 6. The van der Waals surface area contributed by atoms with Gasteiger partial charge in [-0.3, -0.25) is 4.79 Å². The molecule has 0 radical (unpaired) electrons. The minimum Gasteiger partial charge on any atom is -0.384 e. The summed E-state index contributed by atoms with van der Waals surface area (Å²) in [4.78, 5) is 10.9. The summed E-state index contributed by atoms with van der Waals surface area (Å²) in [6.45, 7) is 1.51. The molecule has 0 heterocycles. The molecule has 0 spiro atoms. The molecule has 0 rings (SSSR count). The van der Waals surface area contributed by atoms with Gasteiger partial charge in [-0.25, -0.2) is 0 Å². The predicted molar refractivity (Wildman–Crippen MR) is 47.7 cm³/mol. The quantitative estimate of drug-likeness (QED) is 0.538. The van der Waals surface area contributed by atoms with Crippen molar-refractivity contribution in [1.82, 2.24) is 5.32 Å². The van der Waals surface area contributed by atoms with Crippen molar-refractivity contribution in [2.45, 2.75) is 6.42 Å². The van der Waals surface area contributed by atoms with Gasteiger partial charge < -0.3 is 15.8 Å². The minimum atomic E-state index is -0.00137. The lowest BCUT2D eigenvalue weighted by atomic mass is 10.4. The Bertz CT molecular complexity index is 146. The summed E-state index contributed by atoms with van der Waals surface area (Å²) in [5.74, 6) is -0.00137. The molecule has 0 saturated carbocycles. The highest BCUT2D eigenvalue weighted by molar-refractivity contribution is 5.76. The van der Waals surface area contributed by atoms with E-state index >= 15 is 0 Å². The smallest absolute Gasteiger partial charge is 0.222 e. The first-order valence-corrected chi connectivity index (χ1v) is 3.92. The van der Waals surface area contributed by atoms with Gasteiger partial charge in [0.25, 0.3) is 0 Å². The fraction of sp³-hybridized carbons (Fsp3) is 0.625. The second kappa shape index (κ2) is 8.23. The maximum absolute atomic E-state index is 10.9. The average Bonchev–Trinajstić information content (AvgIpc) is 2.09. The molecule has 0 aromatic heterocycles. The third-order valence-corrected chi connectivity index (χ3v) is 1.25. The fourth-order valence-electron chi connectivity index (χ4n) is 0.635. The molecule has 0 aliphatic carbocycles. The highest BCUT2D eigenvalue weighted by Crippen LogP contribution is 1.79. The van der Waals surface area contributed by atoms with Crippen LogP contribution in [-0.2, 0) is 9.53 Å². The van der Waals surface area contributed by atoms with Crippen LogP contribution in [0.3, 0.4) is 0 Å². The van der Waals surface area contributed by atoms with Crippen molar-refractivity contribution in [2.24, 2.45) is 5.73 Å². The zero-order chi connectivity index (χ0) is 9.23. The van der Waals surface area contributed by atoms with Gasteiger partial charge in [0, 0.05) is 26.6 Å². The van der Waals surface area contributed by atoms with Crippen LogP contribution >= 0.6 is 0 Å². The van der Waals surface area contributed by atoms with Crippen LogP contribution in [-0.4, -0.2) is 32.7 Å². The molecular weight excluding hydrogens is 156 g/mol. The van der Waals surface area contributed by atoms with Gasteiger partial charge >= 0.3 is 0 Å². The Hall–Kier alpha value is -0.870. The molecule has 1 amide bonds. The van der Waals surface area contributed by atoms with Crippen LogP contribution in [0, 0.1) is 0 Å². The van der Waals surface area contributed by atoms with Crippen molar-refractivity contribution >= 4 is 5.91 Å². The van der Waals surface area contributed by atoms with Gasteiger partial charge in [-0.1, -0.05) is 12.2 Å². The Balaban J connectivity index is 3.25. The Labute approximate surface area is 72.8 Å². The molecule has 4 nitrogen and oxygen atoms in total. The van der Waals surface area contributed by atoms with Gasteiger partial charge in [0.15, 0.2) is 0 Å². The zero-order valence-corrected chi connectivity index (χ0v) is 7.38. The van der Waals surface area contributed by atoms with E-state index in [9.17, 15) is 4.79 Å². The molecule has 0 saturated heterocycles. The monoisotopic (exact) mass is 172 g/mol. The number of hydrogen-bond acceptors (Lipinski definition) is 3. The molecular formula is C8H16N2O2. The van der Waals surface area contributed by atoms with E-state index in [4.69, 9.17) is 10.5 Å². The Morgan fingerprint density at radius 2 is 2.33 bits per heavy atom. The van der Waals surface area contributed by atoms with E-state index in [0.717, 1.165) is 0 Å². The van der Waals surface area contributed by atoms with Crippen LogP contribution < -0.4 is 11.1 Å². The van der Waals surface area contributed by atoms with Crippen molar-refractivity contribution in [2.75, 3.05) is 26.8 Å². The standard InChI is InChI=1S/C8H16N2O2/c1-12-7-4-8(11)10-6-3-2-5-9/h2-3H,4-7,9H2,1H3,(H,10,11)/b3-2+. The van der Waals surface area contributed by atoms with Crippen LogP contribution in [0.1, 0.15) is 6.42 Å². The number of carbonyl (C=O) groups is 1. The van der Waals surface area contributed by atoms with E-state index in [2.05, 4.69) is 5.32 Å². The summed E-state index contributed by atoms with van der Waals surface area (Å²) in [7, 11) is 1.57. The third-order valence-electron chi connectivity index (χ3n) is 1.25. The molecule has 0 aromatic carbocycles. The summed E-state index contributed by atoms with van der Waals surface area (Å²) in [6.07, 6.45) is 4.04. The van der Waals surface area contributed by atoms with Gasteiger partial charge in [0.1, 0.15) is 0 Å². The first-order valence-electron chi connectivity index (χ1n) is 3.92. The molecule has 0 aliphatic heterocycles. The van der Waals surface area contributed by atoms with E-state index in [1.54, 1.807) is 13.2 Å². The maximum Gasteiger partial charge on any atom is 0.222 e. The van der Waals surface area contributed by atoms with Gasteiger partial charge in [0.05, 0.1) is 6.61 Å². The molecule has 0 aromatic rings. The first kappa shape index (κ1) is 11.1. The lowest BCUT2D eigenvalue weighted by Gasteiger charge is -2.00. The molecule has 12 heavy (non-hydrogen) atoms. The highest BCUT2D eigenvalue weighted by Gasteiger charge is 1.96. The summed E-state index contributed by atoms with van der Waals surface area (Å²) in [6, 6.07) is 0. The molecule has 0 atom stereocenters. The van der Waals surface area contributed by atoms with Crippen LogP contribution in [0.15, 0.2) is 12.2 Å². The van der Waals surface area contributed by atoms with Crippen LogP contribution in [0.4, 0.5) is 0 Å². The number of nitrogens with two attached hydrogens (primary N) is 1. The topological polar surface area (TPSA) is 64.3 Å². The van der Waals surface area contributed by atoms with Crippen molar-refractivity contribution in [3.8, 4) is 0 Å². The number of hydrogen-bond donors (Lipinski definition) is 2.